The van der Waals surface area contributed by atoms with Crippen molar-refractivity contribution in [2.45, 2.75) is 39.7 Å². The molecule has 2 aromatic carbocycles. The summed E-state index contributed by atoms with van der Waals surface area (Å²) in [5, 5.41) is 10.3. The molecule has 0 aliphatic carbocycles. The third kappa shape index (κ3) is 6.06. The average Bonchev–Trinajstić information content (AvgIpc) is 2.84. The van der Waals surface area contributed by atoms with Crippen LogP contribution in [0, 0.1) is 0 Å². The lowest BCUT2D eigenvalue weighted by Crippen LogP contribution is -2.28. The van der Waals surface area contributed by atoms with Crippen molar-refractivity contribution in [2.24, 2.45) is 0 Å². The number of aryl methyl sites for hydroxylation is 1. The van der Waals surface area contributed by atoms with Gasteiger partial charge in [0.05, 0.1) is 5.39 Å². The molecule has 9 heteroatoms. The van der Waals surface area contributed by atoms with Crippen molar-refractivity contribution in [1.82, 2.24) is 15.1 Å². The van der Waals surface area contributed by atoms with E-state index < -0.39 is 18.5 Å². The number of fused-ring (bicyclic) bond motifs is 1. The van der Waals surface area contributed by atoms with E-state index in [4.69, 9.17) is 4.74 Å². The van der Waals surface area contributed by atoms with Gasteiger partial charge in [0.1, 0.15) is 0 Å². The fourth-order valence-electron chi connectivity index (χ4n) is 3.45. The smallest absolute Gasteiger partial charge is 0.359 e. The number of hydrogen-bond acceptors (Lipinski definition) is 6. The molecular weight excluding hydrogens is 436 g/mol. The highest BCUT2D eigenvalue weighted by Gasteiger charge is 2.19. The zero-order valence-electron chi connectivity index (χ0n) is 19.3. The lowest BCUT2D eigenvalue weighted by molar-refractivity contribution is -0.119. The number of anilines is 1. The summed E-state index contributed by atoms with van der Waals surface area (Å²) in [6, 6.07) is 13.1. The normalized spacial score (nSPS) is 10.6. The van der Waals surface area contributed by atoms with Crippen LogP contribution in [0.4, 0.5) is 5.69 Å². The molecule has 3 aromatic rings. The van der Waals surface area contributed by atoms with E-state index in [0.29, 0.717) is 35.1 Å². The maximum Gasteiger partial charge on any atom is 0.359 e. The number of unbranched alkanes of at least 4 members (excludes halogenated alkanes) is 2. The van der Waals surface area contributed by atoms with Crippen LogP contribution in [-0.2, 0) is 16.1 Å². The van der Waals surface area contributed by atoms with Gasteiger partial charge >= 0.3 is 5.97 Å². The third-order valence-electron chi connectivity index (χ3n) is 5.11. The van der Waals surface area contributed by atoms with Crippen LogP contribution in [0.3, 0.4) is 0 Å². The molecule has 0 radical (unpaired) electrons. The van der Waals surface area contributed by atoms with E-state index in [-0.39, 0.29) is 17.2 Å². The van der Waals surface area contributed by atoms with Gasteiger partial charge in [0.15, 0.2) is 12.3 Å². The number of aromatic nitrogens is 2. The second kappa shape index (κ2) is 11.7. The zero-order chi connectivity index (χ0) is 24.5. The number of carbonyl (C=O) groups is 3. The van der Waals surface area contributed by atoms with E-state index in [9.17, 15) is 19.2 Å². The van der Waals surface area contributed by atoms with Crippen LogP contribution < -0.4 is 16.2 Å². The Morgan fingerprint density at radius 2 is 1.76 bits per heavy atom. The van der Waals surface area contributed by atoms with Gasteiger partial charge in [-0.1, -0.05) is 44.0 Å². The second-order valence-corrected chi connectivity index (χ2v) is 7.69. The van der Waals surface area contributed by atoms with Gasteiger partial charge in [-0.15, -0.1) is 0 Å². The number of esters is 1. The Morgan fingerprint density at radius 1 is 1.00 bits per heavy atom. The molecule has 1 heterocycles. The predicted octanol–water partition coefficient (Wildman–Crippen LogP) is 3.13. The lowest BCUT2D eigenvalue weighted by atomic mass is 10.1. The largest absolute Gasteiger partial charge is 0.451 e. The van der Waals surface area contributed by atoms with Crippen molar-refractivity contribution >= 4 is 34.2 Å². The number of benzene rings is 2. The van der Waals surface area contributed by atoms with Crippen LogP contribution in [0.5, 0.6) is 0 Å². The Morgan fingerprint density at radius 3 is 2.50 bits per heavy atom. The van der Waals surface area contributed by atoms with Crippen molar-refractivity contribution < 1.29 is 19.1 Å². The van der Waals surface area contributed by atoms with Gasteiger partial charge in [0, 0.05) is 29.7 Å². The van der Waals surface area contributed by atoms with E-state index in [1.54, 1.807) is 42.5 Å². The van der Waals surface area contributed by atoms with Gasteiger partial charge in [0.25, 0.3) is 17.4 Å². The van der Waals surface area contributed by atoms with Crippen molar-refractivity contribution in [3.05, 3.63) is 70.1 Å². The quantitative estimate of drug-likeness (QED) is 0.351. The summed E-state index contributed by atoms with van der Waals surface area (Å²) >= 11 is 0. The highest BCUT2D eigenvalue weighted by Crippen LogP contribution is 2.15. The number of ether oxygens (including phenoxy) is 1. The molecule has 0 aliphatic rings. The number of hydrogen-bond donors (Lipinski definition) is 2. The number of amides is 2. The monoisotopic (exact) mass is 464 g/mol. The molecule has 2 N–H and O–H groups in total. The Kier molecular flexibility index (Phi) is 8.50. The first-order chi connectivity index (χ1) is 16.4. The summed E-state index contributed by atoms with van der Waals surface area (Å²) in [6.45, 7) is 4.20. The Labute approximate surface area is 197 Å². The minimum atomic E-state index is -0.799. The Balaban J connectivity index is 1.72. The summed E-state index contributed by atoms with van der Waals surface area (Å²) in [5.74, 6) is -1.62. The van der Waals surface area contributed by atoms with Gasteiger partial charge in [-0.05, 0) is 37.6 Å². The van der Waals surface area contributed by atoms with E-state index in [2.05, 4.69) is 22.7 Å². The van der Waals surface area contributed by atoms with Crippen LogP contribution in [-0.4, -0.2) is 40.7 Å². The van der Waals surface area contributed by atoms with Crippen LogP contribution in [0.15, 0.2) is 53.3 Å². The van der Waals surface area contributed by atoms with Crippen molar-refractivity contribution in [3.8, 4) is 0 Å². The van der Waals surface area contributed by atoms with E-state index >= 15 is 0 Å². The highest BCUT2D eigenvalue weighted by atomic mass is 16.5. The number of nitrogens with zero attached hydrogens (tertiary/aromatic N) is 2. The number of rotatable bonds is 10. The summed E-state index contributed by atoms with van der Waals surface area (Å²) < 4.78 is 6.48. The molecule has 9 nitrogen and oxygen atoms in total. The van der Waals surface area contributed by atoms with Gasteiger partial charge in [-0.3, -0.25) is 14.4 Å². The Bertz CT molecular complexity index is 1250. The summed E-state index contributed by atoms with van der Waals surface area (Å²) in [5.41, 5.74) is 0.515. The molecule has 0 saturated carbocycles. The fourth-order valence-corrected chi connectivity index (χ4v) is 3.45. The maximum atomic E-state index is 12.8. The molecule has 1 aromatic heterocycles. The minimum absolute atomic E-state index is 0.0160. The highest BCUT2D eigenvalue weighted by molar-refractivity contribution is 6.03. The first kappa shape index (κ1) is 24.6. The van der Waals surface area contributed by atoms with Crippen LogP contribution >= 0.6 is 0 Å². The van der Waals surface area contributed by atoms with Gasteiger partial charge < -0.3 is 15.4 Å². The van der Waals surface area contributed by atoms with E-state index in [1.165, 1.54) is 10.7 Å². The molecule has 0 spiro atoms. The average molecular weight is 465 g/mol. The zero-order valence-corrected chi connectivity index (χ0v) is 19.3. The third-order valence-corrected chi connectivity index (χ3v) is 5.11. The van der Waals surface area contributed by atoms with Crippen LogP contribution in [0.2, 0.25) is 0 Å². The predicted molar refractivity (Wildman–Crippen MR) is 129 cm³/mol. The molecule has 178 valence electrons. The lowest BCUT2D eigenvalue weighted by Gasteiger charge is -2.11. The standard InChI is InChI=1S/C25H28N4O5/c1-3-5-8-14-29-24(32)20-13-7-6-12-19(20)22(28-29)25(33)34-16-21(30)27-18-11-9-10-17(15-18)23(31)26-4-2/h6-7,9-13,15H,3-5,8,14,16H2,1-2H3,(H,26,31)(H,27,30). The molecule has 34 heavy (non-hydrogen) atoms. The molecule has 2 amide bonds. The molecular formula is C25H28N4O5. The molecule has 0 atom stereocenters. The van der Waals surface area contributed by atoms with Crippen LogP contribution in [0.1, 0.15) is 54.0 Å². The SMILES string of the molecule is CCCCCn1nc(C(=O)OCC(=O)Nc2cccc(C(=O)NCC)c2)c2ccccc2c1=O. The second-order valence-electron chi connectivity index (χ2n) is 7.69. The topological polar surface area (TPSA) is 119 Å². The molecule has 3 rings (SSSR count). The van der Waals surface area contributed by atoms with Crippen LogP contribution in [0.25, 0.3) is 10.8 Å². The molecule has 0 unspecified atom stereocenters. The molecule has 0 saturated heterocycles. The summed E-state index contributed by atoms with van der Waals surface area (Å²) in [4.78, 5) is 49.9. The van der Waals surface area contributed by atoms with Crippen molar-refractivity contribution in [2.75, 3.05) is 18.5 Å². The maximum absolute atomic E-state index is 12.8. The summed E-state index contributed by atoms with van der Waals surface area (Å²) in [7, 11) is 0. The molecule has 0 aliphatic heterocycles. The van der Waals surface area contributed by atoms with Gasteiger partial charge in [-0.2, -0.15) is 5.10 Å². The number of carbonyl (C=O) groups excluding carboxylic acids is 3. The summed E-state index contributed by atoms with van der Waals surface area (Å²) in [6.07, 6.45) is 2.68. The van der Waals surface area contributed by atoms with Gasteiger partial charge in [0.2, 0.25) is 0 Å². The van der Waals surface area contributed by atoms with Crippen molar-refractivity contribution in [1.29, 1.82) is 0 Å². The van der Waals surface area contributed by atoms with E-state index in [1.807, 2.05) is 6.92 Å². The fraction of sp³-hybridized carbons (Fsp3) is 0.320. The molecule has 0 fully saturated rings. The van der Waals surface area contributed by atoms with E-state index in [0.717, 1.165) is 19.3 Å². The number of nitrogens with one attached hydrogen (secondary N) is 2. The van der Waals surface area contributed by atoms with Crippen molar-refractivity contribution in [3.63, 3.8) is 0 Å². The first-order valence-electron chi connectivity index (χ1n) is 11.3. The molecule has 0 bridgehead atoms. The first-order valence-corrected chi connectivity index (χ1v) is 11.3. The Hall–Kier alpha value is -4.01. The van der Waals surface area contributed by atoms with Gasteiger partial charge in [-0.25, -0.2) is 9.48 Å². The minimum Gasteiger partial charge on any atom is -0.451 e.